The molecule has 4 rings (SSSR count). The Balaban J connectivity index is 1.43. The quantitative estimate of drug-likeness (QED) is 0.451. The summed E-state index contributed by atoms with van der Waals surface area (Å²) in [5, 5.41) is 0.594. The summed E-state index contributed by atoms with van der Waals surface area (Å²) in [5.41, 5.74) is 0. The number of hydrogen-bond acceptors (Lipinski definition) is 6. The van der Waals surface area contributed by atoms with Crippen LogP contribution in [0.25, 0.3) is 0 Å². The molecule has 1 aliphatic carbocycles. The molecule has 2 atom stereocenters. The van der Waals surface area contributed by atoms with Gasteiger partial charge in [0.25, 0.3) is 0 Å². The van der Waals surface area contributed by atoms with Gasteiger partial charge >= 0.3 is 5.97 Å². The molecule has 7 nitrogen and oxygen atoms in total. The first-order chi connectivity index (χ1) is 16.9. The van der Waals surface area contributed by atoms with Gasteiger partial charge in [-0.3, -0.25) is 4.79 Å². The third-order valence-electron chi connectivity index (χ3n) is 6.74. The second-order valence-corrected chi connectivity index (χ2v) is 11.5. The highest BCUT2D eigenvalue weighted by Crippen LogP contribution is 2.30. The monoisotopic (exact) mass is 521 g/mol. The Morgan fingerprint density at radius 1 is 0.971 bits per heavy atom. The molecule has 2 fully saturated rings. The summed E-state index contributed by atoms with van der Waals surface area (Å²) in [6.07, 6.45) is 6.44. The smallest absolute Gasteiger partial charge is 0.324 e. The topological polar surface area (TPSA) is 82.1 Å². The van der Waals surface area contributed by atoms with Crippen molar-refractivity contribution in [1.29, 1.82) is 0 Å². The Morgan fingerprint density at radius 3 is 2.29 bits per heavy atom. The lowest BCUT2D eigenvalue weighted by atomic mass is 9.90. The molecule has 190 valence electrons. The number of carbonyl (C=O) groups is 1. The van der Waals surface area contributed by atoms with Gasteiger partial charge in [-0.2, -0.15) is 4.31 Å². The van der Waals surface area contributed by atoms with Gasteiger partial charge in [0.15, 0.2) is 0 Å². The number of rotatable bonds is 8. The van der Waals surface area contributed by atoms with Crippen LogP contribution in [0.5, 0.6) is 11.5 Å². The van der Waals surface area contributed by atoms with E-state index in [1.54, 1.807) is 36.4 Å². The number of carbonyl (C=O) groups excluding carboxylic acids is 1. The molecular weight excluding hydrogens is 490 g/mol. The predicted octanol–water partition coefficient (Wildman–Crippen LogP) is 5.07. The Bertz CT molecular complexity index is 1080. The van der Waals surface area contributed by atoms with Crippen LogP contribution in [0.15, 0.2) is 53.4 Å². The zero-order valence-electron chi connectivity index (χ0n) is 19.9. The summed E-state index contributed by atoms with van der Waals surface area (Å²) >= 11 is 5.93. The third kappa shape index (κ3) is 6.48. The number of methoxy groups -OCH3 is 1. The normalized spacial score (nSPS) is 21.9. The van der Waals surface area contributed by atoms with Crippen molar-refractivity contribution in [3.8, 4) is 11.5 Å². The van der Waals surface area contributed by atoms with E-state index in [2.05, 4.69) is 0 Å². The van der Waals surface area contributed by atoms with Crippen LogP contribution in [0.1, 0.15) is 44.9 Å². The van der Waals surface area contributed by atoms with Crippen molar-refractivity contribution in [2.45, 2.75) is 62.0 Å². The summed E-state index contributed by atoms with van der Waals surface area (Å²) in [5.74, 6) is 1.21. The fourth-order valence-corrected chi connectivity index (χ4v) is 6.50. The number of halogens is 1. The summed E-state index contributed by atoms with van der Waals surface area (Å²) in [6, 6.07) is 12.4. The molecule has 0 radical (unpaired) electrons. The number of sulfonamides is 1. The number of esters is 1. The second kappa shape index (κ2) is 11.6. The van der Waals surface area contributed by atoms with Crippen molar-refractivity contribution >= 4 is 27.6 Å². The molecule has 2 aromatic carbocycles. The van der Waals surface area contributed by atoms with Crippen LogP contribution in [-0.2, 0) is 19.6 Å². The van der Waals surface area contributed by atoms with Gasteiger partial charge in [-0.15, -0.1) is 0 Å². The summed E-state index contributed by atoms with van der Waals surface area (Å²) in [6.45, 7) is 0.790. The van der Waals surface area contributed by atoms with Crippen molar-refractivity contribution in [1.82, 2.24) is 4.31 Å². The lowest BCUT2D eigenvalue weighted by Crippen LogP contribution is -2.52. The Labute approximate surface area is 212 Å². The molecule has 0 unspecified atom stereocenters. The van der Waals surface area contributed by atoms with E-state index < -0.39 is 22.0 Å². The van der Waals surface area contributed by atoms with E-state index in [0.717, 1.165) is 0 Å². The van der Waals surface area contributed by atoms with Gasteiger partial charge in [0, 0.05) is 18.0 Å². The van der Waals surface area contributed by atoms with Gasteiger partial charge in [0.05, 0.1) is 18.6 Å². The summed E-state index contributed by atoms with van der Waals surface area (Å²) < 4.78 is 45.0. The first-order valence-corrected chi connectivity index (χ1v) is 13.9. The fourth-order valence-electron chi connectivity index (χ4n) is 4.77. The maximum atomic E-state index is 13.5. The predicted molar refractivity (Wildman–Crippen MR) is 133 cm³/mol. The maximum absolute atomic E-state index is 13.5. The van der Waals surface area contributed by atoms with E-state index in [4.69, 9.17) is 25.8 Å². The molecule has 0 aromatic heterocycles. The van der Waals surface area contributed by atoms with Crippen LogP contribution in [0.4, 0.5) is 0 Å². The lowest BCUT2D eigenvalue weighted by molar-refractivity contribution is -0.147. The molecule has 2 aliphatic rings. The van der Waals surface area contributed by atoms with E-state index in [1.807, 2.05) is 0 Å². The zero-order valence-corrected chi connectivity index (χ0v) is 21.5. The van der Waals surface area contributed by atoms with Gasteiger partial charge in [-0.1, -0.05) is 30.9 Å². The van der Waals surface area contributed by atoms with Gasteiger partial charge in [0.2, 0.25) is 10.0 Å². The molecule has 1 heterocycles. The number of ether oxygens (including phenoxy) is 3. The van der Waals surface area contributed by atoms with Crippen LogP contribution in [0.2, 0.25) is 5.02 Å². The Morgan fingerprint density at radius 2 is 1.63 bits per heavy atom. The Hall–Kier alpha value is -2.29. The molecule has 1 aliphatic heterocycles. The van der Waals surface area contributed by atoms with E-state index in [1.165, 1.54) is 55.7 Å². The largest absolute Gasteiger partial charge is 0.493 e. The molecule has 35 heavy (non-hydrogen) atoms. The first kappa shape index (κ1) is 25.8. The molecule has 2 aromatic rings. The first-order valence-electron chi connectivity index (χ1n) is 12.1. The van der Waals surface area contributed by atoms with Crippen molar-refractivity contribution in [2.75, 3.05) is 20.3 Å². The number of piperidine rings is 1. The van der Waals surface area contributed by atoms with Gasteiger partial charge in [-0.05, 0) is 73.7 Å². The minimum Gasteiger partial charge on any atom is -0.493 e. The van der Waals surface area contributed by atoms with E-state index in [-0.39, 0.29) is 24.0 Å². The van der Waals surface area contributed by atoms with E-state index in [0.29, 0.717) is 35.5 Å². The minimum absolute atomic E-state index is 0.119. The molecule has 0 bridgehead atoms. The van der Waals surface area contributed by atoms with Crippen LogP contribution in [0, 0.1) is 5.92 Å². The Kier molecular flexibility index (Phi) is 8.57. The van der Waals surface area contributed by atoms with Crippen molar-refractivity contribution in [2.24, 2.45) is 5.92 Å². The fraction of sp³-hybridized carbons (Fsp3) is 0.500. The molecule has 0 spiro atoms. The third-order valence-corrected chi connectivity index (χ3v) is 8.91. The van der Waals surface area contributed by atoms with Gasteiger partial charge in [-0.25, -0.2) is 8.42 Å². The number of benzene rings is 2. The van der Waals surface area contributed by atoms with E-state index in [9.17, 15) is 13.2 Å². The zero-order chi connectivity index (χ0) is 24.8. The SMILES string of the molecule is COC(=O)[C@@H]1C[C@@H](Oc2ccc(Cl)cc2)CCN1S(=O)(=O)c1ccc(OCC2CCCCC2)cc1. The molecule has 9 heteroatoms. The highest BCUT2D eigenvalue weighted by atomic mass is 35.5. The summed E-state index contributed by atoms with van der Waals surface area (Å²) in [7, 11) is -2.66. The molecule has 0 amide bonds. The molecule has 0 N–H and O–H groups in total. The number of hydrogen-bond donors (Lipinski definition) is 0. The minimum atomic E-state index is -3.92. The maximum Gasteiger partial charge on any atom is 0.324 e. The molecule has 1 saturated carbocycles. The second-order valence-electron chi connectivity index (χ2n) is 9.16. The average molecular weight is 522 g/mol. The van der Waals surface area contributed by atoms with Crippen LogP contribution < -0.4 is 9.47 Å². The van der Waals surface area contributed by atoms with Crippen molar-refractivity contribution < 1.29 is 27.4 Å². The molecule has 1 saturated heterocycles. The van der Waals surface area contributed by atoms with Gasteiger partial charge < -0.3 is 14.2 Å². The molecular formula is C26H32ClNO6S. The van der Waals surface area contributed by atoms with Crippen LogP contribution in [0.3, 0.4) is 0 Å². The highest BCUT2D eigenvalue weighted by Gasteiger charge is 2.42. The van der Waals surface area contributed by atoms with Gasteiger partial charge in [0.1, 0.15) is 23.6 Å². The summed E-state index contributed by atoms with van der Waals surface area (Å²) in [4.78, 5) is 12.7. The number of nitrogens with zero attached hydrogens (tertiary/aromatic N) is 1. The standard InChI is InChI=1S/C26H32ClNO6S/c1-32-26(29)25-17-23(34-22-9-7-20(27)8-10-22)15-16-28(25)35(30,31)24-13-11-21(12-14-24)33-18-19-5-3-2-4-6-19/h7-14,19,23,25H,2-6,15-18H2,1H3/t23-,25-/m0/s1. The average Bonchev–Trinajstić information content (AvgIpc) is 2.89. The van der Waals surface area contributed by atoms with E-state index >= 15 is 0 Å². The van der Waals surface area contributed by atoms with Crippen molar-refractivity contribution in [3.05, 3.63) is 53.6 Å². The van der Waals surface area contributed by atoms with Crippen LogP contribution >= 0.6 is 11.6 Å². The lowest BCUT2D eigenvalue weighted by Gasteiger charge is -2.36. The van der Waals surface area contributed by atoms with Crippen LogP contribution in [-0.4, -0.2) is 51.1 Å². The van der Waals surface area contributed by atoms with Crippen molar-refractivity contribution in [3.63, 3.8) is 0 Å². The highest BCUT2D eigenvalue weighted by molar-refractivity contribution is 7.89.